The van der Waals surface area contributed by atoms with Gasteiger partial charge in [-0.2, -0.15) is 19.6 Å². The first-order chi connectivity index (χ1) is 39.3. The molecule has 2 unspecified atom stereocenters. The Morgan fingerprint density at radius 1 is 0.622 bits per heavy atom. The minimum atomic E-state index is -3.41. The lowest BCUT2D eigenvalue weighted by Crippen LogP contribution is -2.47. The van der Waals surface area contributed by atoms with E-state index >= 15 is 0 Å². The summed E-state index contributed by atoms with van der Waals surface area (Å²) in [5.74, 6) is 0.502. The van der Waals surface area contributed by atoms with Gasteiger partial charge in [0.05, 0.1) is 55.1 Å². The normalized spacial score (nSPS) is 18.1. The highest BCUT2D eigenvalue weighted by Gasteiger charge is 2.41. The lowest BCUT2D eigenvalue weighted by Gasteiger charge is -2.39. The third-order valence-electron chi connectivity index (χ3n) is 14.9. The molecule has 438 valence electrons. The van der Waals surface area contributed by atoms with Gasteiger partial charge in [0.1, 0.15) is 11.4 Å². The van der Waals surface area contributed by atoms with Gasteiger partial charge in [0, 0.05) is 104 Å². The zero-order valence-corrected chi connectivity index (χ0v) is 49.8. The summed E-state index contributed by atoms with van der Waals surface area (Å²) in [4.78, 5) is 41.9. The largest absolute Gasteiger partial charge is 0.486 e. The van der Waals surface area contributed by atoms with E-state index in [1.165, 1.54) is 21.5 Å². The maximum absolute atomic E-state index is 13.9. The van der Waals surface area contributed by atoms with Crippen molar-refractivity contribution < 1.29 is 32.6 Å². The molecule has 0 bridgehead atoms. The molecule has 4 heterocycles. The minimum Gasteiger partial charge on any atom is -0.486 e. The van der Waals surface area contributed by atoms with Gasteiger partial charge >= 0.3 is 26.5 Å². The summed E-state index contributed by atoms with van der Waals surface area (Å²) in [5, 5.41) is 27.1. The van der Waals surface area contributed by atoms with E-state index < -0.39 is 20.3 Å². The van der Waals surface area contributed by atoms with Crippen LogP contribution in [-0.2, 0) is 31.3 Å². The molecule has 0 radical (unpaired) electrons. The van der Waals surface area contributed by atoms with E-state index in [1.807, 2.05) is 40.8 Å². The van der Waals surface area contributed by atoms with E-state index in [0.29, 0.717) is 117 Å². The quantitative estimate of drug-likeness (QED) is 0.0234. The molecule has 2 aliphatic heterocycles. The highest BCUT2D eigenvalue weighted by atomic mass is 35.5. The van der Waals surface area contributed by atoms with Crippen LogP contribution in [0.3, 0.4) is 0 Å². The van der Waals surface area contributed by atoms with Crippen molar-refractivity contribution in [2.75, 3.05) is 94.3 Å². The minimum absolute atomic E-state index is 0.00725. The first kappa shape index (κ1) is 60.4. The van der Waals surface area contributed by atoms with Crippen LogP contribution in [0.2, 0.25) is 10.0 Å². The third kappa shape index (κ3) is 15.0. The Balaban J connectivity index is 0.000000198. The molecule has 22 nitrogen and oxygen atoms in total. The van der Waals surface area contributed by atoms with Crippen LogP contribution in [0.4, 0.5) is 22.7 Å². The Morgan fingerprint density at radius 2 is 1.01 bits per heavy atom. The number of nitro groups is 1. The van der Waals surface area contributed by atoms with Crippen LogP contribution in [0, 0.1) is 20.9 Å². The van der Waals surface area contributed by atoms with Gasteiger partial charge in [-0.15, -0.1) is 0 Å². The molecule has 26 heteroatoms. The van der Waals surface area contributed by atoms with Gasteiger partial charge < -0.3 is 34.1 Å². The summed E-state index contributed by atoms with van der Waals surface area (Å²) in [6.07, 6.45) is 7.55. The molecule has 0 spiro atoms. The van der Waals surface area contributed by atoms with Gasteiger partial charge in [-0.3, -0.25) is 28.8 Å². The monoisotopic (exact) mass is 1200 g/mol. The molecule has 4 N–H and O–H groups in total. The van der Waals surface area contributed by atoms with Crippen LogP contribution in [0.15, 0.2) is 119 Å². The van der Waals surface area contributed by atoms with Crippen LogP contribution >= 0.6 is 38.5 Å². The van der Waals surface area contributed by atoms with Gasteiger partial charge in [0.2, 0.25) is 11.5 Å². The molecular formula is C56H70Cl2N12O10P2. The highest BCUT2D eigenvalue weighted by molar-refractivity contribution is 7.54. The topological polar surface area (TPSA) is 247 Å². The molecule has 2 aliphatic carbocycles. The van der Waals surface area contributed by atoms with Crippen molar-refractivity contribution in [1.29, 1.82) is 0 Å². The first-order valence-electron chi connectivity index (χ1n) is 27.4. The molecule has 2 aromatic heterocycles. The summed E-state index contributed by atoms with van der Waals surface area (Å²) >= 11 is 12.3. The molecule has 82 heavy (non-hydrogen) atoms. The van der Waals surface area contributed by atoms with Crippen molar-refractivity contribution in [1.82, 2.24) is 39.1 Å². The zero-order chi connectivity index (χ0) is 58.2. The number of anilines is 3. The number of hydrogen-bond acceptors (Lipinski definition) is 15. The molecule has 4 fully saturated rings. The summed E-state index contributed by atoms with van der Waals surface area (Å²) in [7, 11) is -6.70. The molecule has 10 rings (SSSR count). The molecule has 2 atom stereocenters. The molecule has 4 aliphatic rings. The Morgan fingerprint density at radius 3 is 1.37 bits per heavy atom. The molecule has 2 saturated carbocycles. The van der Waals surface area contributed by atoms with Gasteiger partial charge in [-0.25, -0.2) is 19.5 Å². The van der Waals surface area contributed by atoms with Gasteiger partial charge in [-0.1, -0.05) is 73.4 Å². The van der Waals surface area contributed by atoms with Crippen LogP contribution in [0.1, 0.15) is 64.5 Å². The first-order valence-corrected chi connectivity index (χ1v) is 31.3. The zero-order valence-electron chi connectivity index (χ0n) is 46.5. The van der Waals surface area contributed by atoms with E-state index in [1.54, 1.807) is 84.7 Å². The Labute approximate surface area is 486 Å². The lowest BCUT2D eigenvalue weighted by molar-refractivity contribution is -0.384. The summed E-state index contributed by atoms with van der Waals surface area (Å²) in [6.45, 7) is 13.7. The number of ether oxygens (including phenoxy) is 2. The number of hydrogen-bond donors (Lipinski definition) is 3. The summed E-state index contributed by atoms with van der Waals surface area (Å²) in [6, 6.07) is 27.5. The molecule has 2 saturated heterocycles. The van der Waals surface area contributed by atoms with E-state index in [-0.39, 0.29) is 52.3 Å². The van der Waals surface area contributed by atoms with E-state index in [2.05, 4.69) is 39.1 Å². The Hall–Kier alpha value is -6.16. The van der Waals surface area contributed by atoms with E-state index in [0.717, 1.165) is 36.8 Å². The standard InChI is InChI=1S/C28H34ClN6O6P.C28H36ClN6O4P/c1-3-41-42(39,31-18-21-7-9-23(10-8-21)35(37)38)33-15-13-32(14-16-33)25-19-30-34(24-6-4-5-22(29)17-24)27(36)26(25)40-20-28(2)11-12-28;1-3-39-40(37,32-18-21-7-9-23(30)10-8-21)34-15-13-33(14-16-34)25-19-31-35(24-6-4-5-22(29)17-24)27(36)26(25)38-20-28(2)11-12-28/h4-10,17,19H,3,11-16,18,20H2,1-2H3,(H,31,39);4-10,17,19H,3,11-16,18,20,30H2,1-2H3,(H,32,37). The second-order valence-corrected chi connectivity index (χ2v) is 26.6. The predicted molar refractivity (Wildman–Crippen MR) is 319 cm³/mol. The SMILES string of the molecule is CCOP(=O)(NCc1ccc(N)cc1)N1CCN(c2cnn(-c3cccc(Cl)c3)c(=O)c2OCC2(C)CC2)CC1.CCOP(=O)(NCc1ccc([N+](=O)[O-])cc1)N1CCN(c2cnn(-c3cccc(Cl)c3)c(=O)c2OCC2(C)CC2)CC1. The van der Waals surface area contributed by atoms with Crippen molar-refractivity contribution in [2.45, 2.75) is 66.5 Å². The van der Waals surface area contributed by atoms with Crippen molar-refractivity contribution in [2.24, 2.45) is 10.8 Å². The maximum atomic E-state index is 13.9. The van der Waals surface area contributed by atoms with Crippen LogP contribution in [-0.4, -0.2) is 113 Å². The summed E-state index contributed by atoms with van der Waals surface area (Å²) < 4.78 is 57.9. The number of piperazine rings is 2. The number of nitrogen functional groups attached to an aromatic ring is 1. The number of non-ortho nitro benzene ring substituents is 1. The molecular weight excluding hydrogens is 1130 g/mol. The maximum Gasteiger partial charge on any atom is 0.343 e. The van der Waals surface area contributed by atoms with E-state index in [4.69, 9.17) is 47.5 Å². The average Bonchev–Trinajstić information content (AvgIpc) is 4.46. The van der Waals surface area contributed by atoms with Crippen LogP contribution in [0.5, 0.6) is 11.5 Å². The second kappa shape index (κ2) is 26.2. The fraction of sp³-hybridized carbons (Fsp3) is 0.429. The number of nitrogens with zero attached hydrogens (tertiary/aromatic N) is 9. The van der Waals surface area contributed by atoms with Crippen molar-refractivity contribution in [3.05, 3.63) is 161 Å². The van der Waals surface area contributed by atoms with Gasteiger partial charge in [0.25, 0.3) is 5.69 Å². The number of halogens is 2. The van der Waals surface area contributed by atoms with Gasteiger partial charge in [-0.05, 0) is 99.2 Å². The Bertz CT molecular complexity index is 3430. The number of benzene rings is 4. The smallest absolute Gasteiger partial charge is 0.343 e. The number of nitrogens with one attached hydrogen (secondary N) is 2. The predicted octanol–water partition coefficient (Wildman–Crippen LogP) is 9.73. The average molecular weight is 1200 g/mol. The Kier molecular flexibility index (Phi) is 19.3. The van der Waals surface area contributed by atoms with E-state index in [9.17, 15) is 28.8 Å². The van der Waals surface area contributed by atoms with Crippen molar-refractivity contribution >= 4 is 61.3 Å². The van der Waals surface area contributed by atoms with Crippen molar-refractivity contribution in [3.63, 3.8) is 0 Å². The second-order valence-electron chi connectivity index (χ2n) is 21.4. The number of nitro benzene ring substituents is 1. The number of rotatable bonds is 23. The molecule has 4 aromatic carbocycles. The van der Waals surface area contributed by atoms with Crippen LogP contribution < -0.4 is 46.3 Å². The fourth-order valence-electron chi connectivity index (χ4n) is 9.33. The summed E-state index contributed by atoms with van der Waals surface area (Å²) in [5.41, 5.74) is 9.95. The highest BCUT2D eigenvalue weighted by Crippen LogP contribution is 2.50. The van der Waals surface area contributed by atoms with Crippen molar-refractivity contribution in [3.8, 4) is 22.9 Å². The third-order valence-corrected chi connectivity index (χ3v) is 20.0. The molecule has 6 aromatic rings. The number of nitrogens with two attached hydrogens (primary N) is 1. The number of aromatic nitrogens is 4. The van der Waals surface area contributed by atoms with Crippen LogP contribution in [0.25, 0.3) is 11.4 Å². The fourth-order valence-corrected chi connectivity index (χ4v) is 13.5. The van der Waals surface area contributed by atoms with Gasteiger partial charge in [0.15, 0.2) is 0 Å². The molecule has 0 amide bonds. The lowest BCUT2D eigenvalue weighted by atomic mass is 10.2.